The van der Waals surface area contributed by atoms with Crippen LogP contribution in [0.4, 0.5) is 0 Å². The van der Waals surface area contributed by atoms with E-state index in [1.807, 2.05) is 29.9 Å². The molecule has 1 aromatic heterocycles. The summed E-state index contributed by atoms with van der Waals surface area (Å²) in [6.45, 7) is 1.54. The van der Waals surface area contributed by atoms with Crippen LogP contribution in [0.3, 0.4) is 0 Å². The summed E-state index contributed by atoms with van der Waals surface area (Å²) in [5.41, 5.74) is 0.605. The van der Waals surface area contributed by atoms with Crippen molar-refractivity contribution in [3.05, 3.63) is 36.2 Å². The largest absolute Gasteiger partial charge is 0.496 e. The van der Waals surface area contributed by atoms with Crippen molar-refractivity contribution in [1.82, 2.24) is 9.55 Å². The van der Waals surface area contributed by atoms with Crippen molar-refractivity contribution >= 4 is 17.5 Å². The fourth-order valence-electron chi connectivity index (χ4n) is 1.66. The third-order valence-corrected chi connectivity index (χ3v) is 3.67. The predicted octanol–water partition coefficient (Wildman–Crippen LogP) is 2.78. The van der Waals surface area contributed by atoms with E-state index in [1.165, 1.54) is 11.8 Å². The Kier molecular flexibility index (Phi) is 3.72. The van der Waals surface area contributed by atoms with Gasteiger partial charge >= 0.3 is 0 Å². The van der Waals surface area contributed by atoms with E-state index in [9.17, 15) is 4.79 Å². The Morgan fingerprint density at radius 3 is 2.78 bits per heavy atom. The summed E-state index contributed by atoms with van der Waals surface area (Å²) < 4.78 is 7.15. The lowest BCUT2D eigenvalue weighted by atomic mass is 10.1. The van der Waals surface area contributed by atoms with Gasteiger partial charge < -0.3 is 9.30 Å². The topological polar surface area (TPSA) is 44.1 Å². The molecule has 4 nitrogen and oxygen atoms in total. The molecule has 5 heteroatoms. The monoisotopic (exact) mass is 262 g/mol. The maximum Gasteiger partial charge on any atom is 0.172 e. The van der Waals surface area contributed by atoms with Crippen LogP contribution < -0.4 is 4.74 Å². The number of imidazole rings is 1. The van der Waals surface area contributed by atoms with E-state index in [0.717, 1.165) is 10.1 Å². The highest BCUT2D eigenvalue weighted by atomic mass is 32.2. The molecule has 2 aromatic rings. The summed E-state index contributed by atoms with van der Waals surface area (Å²) in [6.07, 6.45) is 3.60. The maximum absolute atomic E-state index is 11.7. The van der Waals surface area contributed by atoms with Gasteiger partial charge in [0.1, 0.15) is 5.75 Å². The molecule has 0 amide bonds. The molecule has 0 spiro atoms. The van der Waals surface area contributed by atoms with Crippen molar-refractivity contribution in [3.8, 4) is 5.75 Å². The molecular formula is C13H14N2O2S. The van der Waals surface area contributed by atoms with Gasteiger partial charge in [-0.3, -0.25) is 4.79 Å². The number of rotatable bonds is 4. The predicted molar refractivity (Wildman–Crippen MR) is 70.3 cm³/mol. The number of hydrogen-bond donors (Lipinski definition) is 0. The lowest BCUT2D eigenvalue weighted by Crippen LogP contribution is -2.00. The van der Waals surface area contributed by atoms with E-state index in [2.05, 4.69) is 4.98 Å². The van der Waals surface area contributed by atoms with Crippen LogP contribution in [0.5, 0.6) is 5.75 Å². The molecule has 0 aliphatic rings. The average molecular weight is 262 g/mol. The quantitative estimate of drug-likeness (QED) is 0.795. The number of ether oxygens (including phenoxy) is 1. The van der Waals surface area contributed by atoms with E-state index >= 15 is 0 Å². The standard InChI is InChI=1S/C13H14N2O2S/c1-9(16)12-10(17-3)5-4-6-11(12)18-13-14-7-8-15(13)2/h4-8H,1-3H3. The molecule has 0 N–H and O–H groups in total. The van der Waals surface area contributed by atoms with Gasteiger partial charge in [0.15, 0.2) is 10.9 Å². The Hall–Kier alpha value is -1.75. The molecule has 0 fully saturated rings. The Morgan fingerprint density at radius 1 is 1.44 bits per heavy atom. The molecule has 18 heavy (non-hydrogen) atoms. The first-order valence-corrected chi connectivity index (χ1v) is 6.28. The highest BCUT2D eigenvalue weighted by molar-refractivity contribution is 7.99. The Bertz CT molecular complexity index is 578. The molecule has 2 rings (SSSR count). The summed E-state index contributed by atoms with van der Waals surface area (Å²) in [7, 11) is 3.49. The van der Waals surface area contributed by atoms with Crippen molar-refractivity contribution in [2.75, 3.05) is 7.11 Å². The van der Waals surface area contributed by atoms with E-state index in [-0.39, 0.29) is 5.78 Å². The van der Waals surface area contributed by atoms with Crippen LogP contribution in [0.1, 0.15) is 17.3 Å². The second kappa shape index (κ2) is 5.27. The van der Waals surface area contributed by atoms with Crippen molar-refractivity contribution in [2.24, 2.45) is 7.05 Å². The highest BCUT2D eigenvalue weighted by Crippen LogP contribution is 2.34. The smallest absolute Gasteiger partial charge is 0.172 e. The molecule has 0 unspecified atom stereocenters. The van der Waals surface area contributed by atoms with E-state index in [1.54, 1.807) is 26.3 Å². The zero-order valence-electron chi connectivity index (χ0n) is 10.5. The van der Waals surface area contributed by atoms with Crippen molar-refractivity contribution in [1.29, 1.82) is 0 Å². The minimum absolute atomic E-state index is 0.0100. The van der Waals surface area contributed by atoms with Gasteiger partial charge in [0.25, 0.3) is 0 Å². The maximum atomic E-state index is 11.7. The summed E-state index contributed by atoms with van der Waals surface area (Å²) >= 11 is 1.46. The number of aromatic nitrogens is 2. The zero-order valence-corrected chi connectivity index (χ0v) is 11.3. The molecule has 0 aliphatic heterocycles. The number of carbonyl (C=O) groups excluding carboxylic acids is 1. The van der Waals surface area contributed by atoms with Gasteiger partial charge in [-0.05, 0) is 19.1 Å². The Morgan fingerprint density at radius 2 is 2.22 bits per heavy atom. The fraction of sp³-hybridized carbons (Fsp3) is 0.231. The first-order valence-electron chi connectivity index (χ1n) is 5.46. The Balaban J connectivity index is 2.44. The van der Waals surface area contributed by atoms with E-state index in [4.69, 9.17) is 4.74 Å². The van der Waals surface area contributed by atoms with Gasteiger partial charge in [-0.2, -0.15) is 0 Å². The molecule has 0 radical (unpaired) electrons. The van der Waals surface area contributed by atoms with E-state index in [0.29, 0.717) is 11.3 Å². The number of ketones is 1. The third-order valence-electron chi connectivity index (χ3n) is 2.54. The number of hydrogen-bond acceptors (Lipinski definition) is 4. The lowest BCUT2D eigenvalue weighted by Gasteiger charge is -2.10. The minimum atomic E-state index is -0.0100. The van der Waals surface area contributed by atoms with Gasteiger partial charge in [-0.15, -0.1) is 0 Å². The van der Waals surface area contributed by atoms with Gasteiger partial charge in [0.2, 0.25) is 0 Å². The average Bonchev–Trinajstić information content (AvgIpc) is 2.74. The SMILES string of the molecule is COc1cccc(Sc2nccn2C)c1C(C)=O. The number of benzene rings is 1. The third kappa shape index (κ3) is 2.41. The van der Waals surface area contributed by atoms with Crippen LogP contribution in [0.15, 0.2) is 40.6 Å². The number of methoxy groups -OCH3 is 1. The van der Waals surface area contributed by atoms with Crippen molar-refractivity contribution in [2.45, 2.75) is 17.0 Å². The van der Waals surface area contributed by atoms with Crippen molar-refractivity contribution in [3.63, 3.8) is 0 Å². The molecule has 1 heterocycles. The van der Waals surface area contributed by atoms with Crippen LogP contribution in [0.25, 0.3) is 0 Å². The molecule has 0 aliphatic carbocycles. The summed E-state index contributed by atoms with van der Waals surface area (Å²) in [5, 5.41) is 0.839. The van der Waals surface area contributed by atoms with Crippen LogP contribution >= 0.6 is 11.8 Å². The second-order valence-corrected chi connectivity index (χ2v) is 4.82. The highest BCUT2D eigenvalue weighted by Gasteiger charge is 2.15. The van der Waals surface area contributed by atoms with Gasteiger partial charge in [0.05, 0.1) is 12.7 Å². The number of Topliss-reactive ketones (excluding diaryl/α,β-unsaturated/α-hetero) is 1. The molecule has 1 aromatic carbocycles. The molecule has 0 saturated carbocycles. The van der Waals surface area contributed by atoms with Gasteiger partial charge in [-0.25, -0.2) is 4.98 Å². The molecule has 0 atom stereocenters. The lowest BCUT2D eigenvalue weighted by molar-refractivity contribution is 0.101. The van der Waals surface area contributed by atoms with E-state index < -0.39 is 0 Å². The molecule has 94 valence electrons. The van der Waals surface area contributed by atoms with Crippen LogP contribution in [0, 0.1) is 0 Å². The minimum Gasteiger partial charge on any atom is -0.496 e. The molecule has 0 bridgehead atoms. The van der Waals surface area contributed by atoms with Crippen LogP contribution in [-0.2, 0) is 7.05 Å². The van der Waals surface area contributed by atoms with Crippen molar-refractivity contribution < 1.29 is 9.53 Å². The normalized spacial score (nSPS) is 10.4. The number of aryl methyl sites for hydroxylation is 1. The summed E-state index contributed by atoms with van der Waals surface area (Å²) in [6, 6.07) is 5.56. The molecule has 0 saturated heterocycles. The molecular weight excluding hydrogens is 248 g/mol. The summed E-state index contributed by atoms with van der Waals surface area (Å²) in [4.78, 5) is 16.8. The first kappa shape index (κ1) is 12.7. The fourth-order valence-corrected chi connectivity index (χ4v) is 2.67. The number of nitrogens with zero attached hydrogens (tertiary/aromatic N) is 2. The first-order chi connectivity index (χ1) is 8.63. The van der Waals surface area contributed by atoms with Gasteiger partial charge in [0, 0.05) is 24.3 Å². The second-order valence-electron chi connectivity index (χ2n) is 3.81. The zero-order chi connectivity index (χ0) is 13.1. The Labute approximate surface area is 110 Å². The van der Waals surface area contributed by atoms with Crippen LogP contribution in [-0.4, -0.2) is 22.4 Å². The van der Waals surface area contributed by atoms with Crippen LogP contribution in [0.2, 0.25) is 0 Å². The summed E-state index contributed by atoms with van der Waals surface area (Å²) in [5.74, 6) is 0.589. The number of carbonyl (C=O) groups is 1. The van der Waals surface area contributed by atoms with Gasteiger partial charge in [-0.1, -0.05) is 17.8 Å².